The van der Waals surface area contributed by atoms with Gasteiger partial charge in [0, 0.05) is 11.0 Å². The lowest BCUT2D eigenvalue weighted by molar-refractivity contribution is 0.411. The van der Waals surface area contributed by atoms with Crippen molar-refractivity contribution in [1.29, 1.82) is 0 Å². The Morgan fingerprint density at radius 1 is 0.974 bits per heavy atom. The van der Waals surface area contributed by atoms with E-state index in [0.29, 0.717) is 22.7 Å². The van der Waals surface area contributed by atoms with Gasteiger partial charge in [0.1, 0.15) is 12.2 Å². The van der Waals surface area contributed by atoms with E-state index in [-0.39, 0.29) is 0 Å². The predicted octanol–water partition coefficient (Wildman–Crippen LogP) is 7.76. The Bertz CT molecular complexity index is 1350. The summed E-state index contributed by atoms with van der Waals surface area (Å²) in [4.78, 5) is 9.11. The first-order valence-corrected chi connectivity index (χ1v) is 17.4. The minimum absolute atomic E-state index is 0.416. The smallest absolute Gasteiger partial charge is 0.229 e. The Kier molecular flexibility index (Phi) is 8.96. The average molecular weight is 566 g/mol. The first-order valence-electron chi connectivity index (χ1n) is 14.4. The molecule has 0 saturated heterocycles. The largest absolute Gasteiger partial charge is 0.338 e. The quantitative estimate of drug-likeness (QED) is 0.125. The van der Waals surface area contributed by atoms with E-state index in [0.717, 1.165) is 48.4 Å². The molecule has 5 rings (SSSR count). The highest BCUT2D eigenvalue weighted by atomic mass is 35.5. The Morgan fingerprint density at radius 2 is 1.77 bits per heavy atom. The van der Waals surface area contributed by atoms with Crippen LogP contribution in [0.4, 0.5) is 23.1 Å². The third-order valence-electron chi connectivity index (χ3n) is 8.07. The molecular formula is C31H41ClN5OP. The number of hydrogen-bond acceptors (Lipinski definition) is 6. The number of rotatable bonds is 11. The normalized spacial score (nSPS) is 17.4. The number of hydrogen-bond donors (Lipinski definition) is 3. The maximum Gasteiger partial charge on any atom is 0.229 e. The number of nitrogens with zero attached hydrogens (tertiary/aromatic N) is 2. The summed E-state index contributed by atoms with van der Waals surface area (Å²) in [6.07, 6.45) is 13.7. The molecule has 0 aliphatic heterocycles. The minimum Gasteiger partial charge on any atom is -0.338 e. The van der Waals surface area contributed by atoms with Crippen LogP contribution in [0.15, 0.2) is 42.6 Å². The lowest BCUT2D eigenvalue weighted by Crippen LogP contribution is -2.12. The lowest BCUT2D eigenvalue weighted by atomic mass is 9.93. The fourth-order valence-corrected chi connectivity index (χ4v) is 6.94. The van der Waals surface area contributed by atoms with Crippen molar-refractivity contribution in [2.45, 2.75) is 70.1 Å². The molecule has 0 spiro atoms. The fraction of sp³-hybridized carbons (Fsp3) is 0.484. The summed E-state index contributed by atoms with van der Waals surface area (Å²) >= 11 is 6.50. The van der Waals surface area contributed by atoms with Gasteiger partial charge in [0.25, 0.3) is 0 Å². The zero-order valence-electron chi connectivity index (χ0n) is 23.2. The van der Waals surface area contributed by atoms with Crippen LogP contribution < -0.4 is 21.7 Å². The lowest BCUT2D eigenvalue weighted by Gasteiger charge is -2.17. The van der Waals surface area contributed by atoms with Crippen molar-refractivity contribution < 1.29 is 4.57 Å². The summed E-state index contributed by atoms with van der Waals surface area (Å²) in [5, 5.41) is 7.97. The second kappa shape index (κ2) is 12.4. The van der Waals surface area contributed by atoms with Crippen LogP contribution in [0.25, 0.3) is 0 Å². The Balaban J connectivity index is 1.29. The first-order chi connectivity index (χ1) is 18.8. The number of unbranched alkanes of at least 4 members (excludes halogenated alkanes) is 2. The molecule has 4 N–H and O–H groups in total. The number of halogens is 1. The summed E-state index contributed by atoms with van der Waals surface area (Å²) in [5.41, 5.74) is 11.5. The van der Waals surface area contributed by atoms with Gasteiger partial charge in [-0.05, 0) is 118 Å². The molecule has 2 aliphatic carbocycles. The molecule has 3 aromatic rings. The third kappa shape index (κ3) is 7.42. The van der Waals surface area contributed by atoms with E-state index in [4.69, 9.17) is 17.3 Å². The van der Waals surface area contributed by atoms with Crippen LogP contribution in [0.5, 0.6) is 0 Å². The highest BCUT2D eigenvalue weighted by molar-refractivity contribution is 7.70. The molecule has 8 heteroatoms. The van der Waals surface area contributed by atoms with E-state index in [1.54, 1.807) is 19.5 Å². The van der Waals surface area contributed by atoms with Gasteiger partial charge in [-0.3, -0.25) is 0 Å². The molecule has 1 saturated carbocycles. The molecule has 1 heterocycles. The van der Waals surface area contributed by atoms with Gasteiger partial charge in [0.15, 0.2) is 5.82 Å². The second-order valence-corrected chi connectivity index (χ2v) is 15.2. The zero-order chi connectivity index (χ0) is 27.4. The summed E-state index contributed by atoms with van der Waals surface area (Å²) in [7, 11) is -2.51. The molecule has 0 unspecified atom stereocenters. The van der Waals surface area contributed by atoms with Gasteiger partial charge in [0.2, 0.25) is 5.95 Å². The van der Waals surface area contributed by atoms with E-state index in [9.17, 15) is 4.57 Å². The van der Waals surface area contributed by atoms with Crippen LogP contribution in [-0.4, -0.2) is 29.8 Å². The van der Waals surface area contributed by atoms with Gasteiger partial charge in [-0.15, -0.1) is 0 Å². The number of nitrogens with two attached hydrogens (primary N) is 1. The molecule has 0 bridgehead atoms. The molecule has 1 atom stereocenters. The van der Waals surface area contributed by atoms with E-state index in [2.05, 4.69) is 50.9 Å². The molecule has 0 amide bonds. The summed E-state index contributed by atoms with van der Waals surface area (Å²) in [6.45, 7) is 4.41. The average Bonchev–Trinajstić information content (AvgIpc) is 3.76. The molecule has 39 heavy (non-hydrogen) atoms. The number of fused-ring (bicyclic) bond motifs is 1. The van der Waals surface area contributed by atoms with Gasteiger partial charge >= 0.3 is 0 Å². The van der Waals surface area contributed by atoms with Crippen molar-refractivity contribution in [2.75, 3.05) is 30.5 Å². The van der Waals surface area contributed by atoms with Crippen molar-refractivity contribution in [2.24, 2.45) is 11.7 Å². The minimum atomic E-state index is -2.51. The predicted molar refractivity (Wildman–Crippen MR) is 165 cm³/mol. The molecule has 6 nitrogen and oxygen atoms in total. The summed E-state index contributed by atoms with van der Waals surface area (Å²) in [5.74, 6) is 2.36. The third-order valence-corrected chi connectivity index (χ3v) is 9.88. The van der Waals surface area contributed by atoms with Gasteiger partial charge in [-0.1, -0.05) is 43.0 Å². The fourth-order valence-electron chi connectivity index (χ4n) is 5.63. The maximum atomic E-state index is 13.1. The molecular weight excluding hydrogens is 525 g/mol. The van der Waals surface area contributed by atoms with Crippen molar-refractivity contribution in [1.82, 2.24) is 9.97 Å². The molecule has 2 aromatic carbocycles. The first kappa shape index (κ1) is 28.1. The van der Waals surface area contributed by atoms with Crippen molar-refractivity contribution in [3.05, 3.63) is 64.3 Å². The van der Waals surface area contributed by atoms with Crippen molar-refractivity contribution in [3.8, 4) is 0 Å². The Hall–Kier alpha value is -2.40. The van der Waals surface area contributed by atoms with E-state index < -0.39 is 7.14 Å². The molecule has 208 valence electrons. The number of aryl methyl sites for hydroxylation is 2. The highest BCUT2D eigenvalue weighted by Gasteiger charge is 2.26. The highest BCUT2D eigenvalue weighted by Crippen LogP contribution is 2.44. The zero-order valence-corrected chi connectivity index (χ0v) is 24.8. The van der Waals surface area contributed by atoms with Crippen LogP contribution in [-0.2, 0) is 17.4 Å². The van der Waals surface area contributed by atoms with Crippen LogP contribution in [0.1, 0.15) is 74.0 Å². The second-order valence-electron chi connectivity index (χ2n) is 11.6. The van der Waals surface area contributed by atoms with E-state index in [1.807, 2.05) is 6.07 Å². The number of aromatic nitrogens is 2. The number of benzene rings is 2. The van der Waals surface area contributed by atoms with Gasteiger partial charge in [-0.2, -0.15) is 4.98 Å². The molecule has 2 aliphatic rings. The van der Waals surface area contributed by atoms with E-state index >= 15 is 0 Å². The number of nitrogens with one attached hydrogen (secondary N) is 2. The van der Waals surface area contributed by atoms with Gasteiger partial charge < -0.3 is 20.9 Å². The monoisotopic (exact) mass is 565 g/mol. The molecule has 1 aromatic heterocycles. The van der Waals surface area contributed by atoms with Crippen LogP contribution in [0.3, 0.4) is 0 Å². The van der Waals surface area contributed by atoms with Crippen molar-refractivity contribution in [3.63, 3.8) is 0 Å². The summed E-state index contributed by atoms with van der Waals surface area (Å²) < 4.78 is 13.1. The SMILES string of the molecule is CP(C)(=O)c1cc(C2CC2)ccc1Nc1nc(Nc2ccc3c(c2)CC[C@@H](CCCCCN)CC3)ncc1Cl. The standard InChI is InChI=1S/C31H41ClN5OP/c1-39(2,38)29-19-25(23-11-12-23)14-16-28(29)36-30-27(32)20-34-31(37-30)35-26-15-13-22-9-7-21(6-4-3-5-17-33)8-10-24(22)18-26/h13-16,18-21,23H,3-12,17,33H2,1-2H3,(H2,34,35,36,37)/t21-/m0/s1. The van der Waals surface area contributed by atoms with Crippen LogP contribution in [0, 0.1) is 5.92 Å². The summed E-state index contributed by atoms with van der Waals surface area (Å²) in [6, 6.07) is 12.8. The van der Waals surface area contributed by atoms with Gasteiger partial charge in [-0.25, -0.2) is 4.98 Å². The molecule has 0 radical (unpaired) electrons. The Labute approximate surface area is 237 Å². The number of anilines is 4. The van der Waals surface area contributed by atoms with Gasteiger partial charge in [0.05, 0.1) is 11.9 Å². The molecule has 1 fully saturated rings. The maximum absolute atomic E-state index is 13.1. The van der Waals surface area contributed by atoms with Crippen molar-refractivity contribution >= 4 is 47.2 Å². The Morgan fingerprint density at radius 3 is 2.51 bits per heavy atom. The van der Waals surface area contributed by atoms with Crippen LogP contribution in [0.2, 0.25) is 5.02 Å². The van der Waals surface area contributed by atoms with Crippen LogP contribution >= 0.6 is 18.7 Å². The van der Waals surface area contributed by atoms with E-state index in [1.165, 1.54) is 61.6 Å². The topological polar surface area (TPSA) is 92.9 Å².